The molecule has 0 radical (unpaired) electrons. The van der Waals surface area contributed by atoms with Crippen LogP contribution in [-0.2, 0) is 0 Å². The summed E-state index contributed by atoms with van der Waals surface area (Å²) in [7, 11) is 7.23. The highest BCUT2D eigenvalue weighted by atomic mass is 19.1. The fourth-order valence-corrected chi connectivity index (χ4v) is 3.54. The van der Waals surface area contributed by atoms with Gasteiger partial charge in [0.25, 0.3) is 0 Å². The van der Waals surface area contributed by atoms with E-state index in [2.05, 4.69) is 5.32 Å². The first kappa shape index (κ1) is 27.1. The molecule has 0 unspecified atom stereocenters. The number of benzene rings is 3. The average molecular weight is 512 g/mol. The van der Waals surface area contributed by atoms with Gasteiger partial charge in [0.15, 0.2) is 40.4 Å². The number of allylic oxidation sites excluding steroid dienone is 1. The molecule has 0 heterocycles. The molecule has 0 aliphatic carbocycles. The molecule has 1 N–H and O–H groups in total. The Bertz CT molecular complexity index is 1310. The second-order valence-corrected chi connectivity index (χ2v) is 7.57. The average Bonchev–Trinajstić information content (AvgIpc) is 2.90. The van der Waals surface area contributed by atoms with E-state index in [1.165, 1.54) is 66.0 Å². The molecule has 3 rings (SSSR count). The van der Waals surface area contributed by atoms with Crippen LogP contribution in [0.4, 0.5) is 14.5 Å². The van der Waals surface area contributed by atoms with Crippen LogP contribution in [-0.4, -0.2) is 41.3 Å². The number of carbonyl (C=O) groups is 1. The van der Waals surface area contributed by atoms with Crippen molar-refractivity contribution in [1.82, 2.24) is 0 Å². The predicted octanol–water partition coefficient (Wildman–Crippen LogP) is 5.99. The Morgan fingerprint density at radius 1 is 0.703 bits per heavy atom. The van der Waals surface area contributed by atoms with Gasteiger partial charge in [-0.15, -0.1) is 0 Å². The molecule has 9 heteroatoms. The Hall–Kier alpha value is -4.53. The van der Waals surface area contributed by atoms with E-state index in [-0.39, 0.29) is 22.7 Å². The molecule has 194 valence electrons. The number of carbonyl (C=O) groups excluding carboxylic acids is 1. The van der Waals surface area contributed by atoms with Gasteiger partial charge in [-0.2, -0.15) is 0 Å². The van der Waals surface area contributed by atoms with Gasteiger partial charge in [0.05, 0.1) is 41.2 Å². The normalized spacial score (nSPS) is 11.0. The van der Waals surface area contributed by atoms with Crippen molar-refractivity contribution in [2.24, 2.45) is 0 Å². The number of ether oxygens (including phenoxy) is 5. The molecule has 0 spiro atoms. The summed E-state index contributed by atoms with van der Waals surface area (Å²) in [6.45, 7) is 0. The lowest BCUT2D eigenvalue weighted by molar-refractivity contribution is 0.104. The topological polar surface area (TPSA) is 75.3 Å². The van der Waals surface area contributed by atoms with Crippen molar-refractivity contribution in [1.29, 1.82) is 0 Å². The third-order valence-electron chi connectivity index (χ3n) is 5.34. The second kappa shape index (κ2) is 12.4. The molecule has 0 aromatic heterocycles. The summed E-state index contributed by atoms with van der Waals surface area (Å²) in [5.74, 6) is -0.269. The van der Waals surface area contributed by atoms with Crippen LogP contribution < -0.4 is 29.0 Å². The number of halogens is 2. The van der Waals surface area contributed by atoms with E-state index in [1.54, 1.807) is 30.4 Å². The molecule has 0 saturated heterocycles. The van der Waals surface area contributed by atoms with Gasteiger partial charge < -0.3 is 29.0 Å². The third kappa shape index (κ3) is 6.38. The summed E-state index contributed by atoms with van der Waals surface area (Å²) >= 11 is 0. The standard InChI is InChI=1S/C28H27F2NO6/c1-33-24-9-8-19(16-20(24)29)23(32)10-11-31-22-13-17(12-21(30)27(22)36-4)6-7-18-14-25(34-2)28(37-5)26(15-18)35-3/h6-16,31H,1-5H3. The fourth-order valence-electron chi connectivity index (χ4n) is 3.54. The lowest BCUT2D eigenvalue weighted by atomic mass is 10.1. The lowest BCUT2D eigenvalue weighted by Crippen LogP contribution is -2.00. The van der Waals surface area contributed by atoms with E-state index in [0.717, 1.165) is 11.6 Å². The molecule has 0 fully saturated rings. The molecule has 3 aromatic rings. The Labute approximate surface area is 213 Å². The van der Waals surface area contributed by atoms with Crippen LogP contribution in [0.3, 0.4) is 0 Å². The van der Waals surface area contributed by atoms with Gasteiger partial charge >= 0.3 is 0 Å². The van der Waals surface area contributed by atoms with Crippen LogP contribution in [0.25, 0.3) is 12.2 Å². The highest BCUT2D eigenvalue weighted by Crippen LogP contribution is 2.39. The number of anilines is 1. The molecule has 0 saturated carbocycles. The van der Waals surface area contributed by atoms with Crippen molar-refractivity contribution < 1.29 is 37.3 Å². The Balaban J connectivity index is 1.84. The lowest BCUT2D eigenvalue weighted by Gasteiger charge is -2.13. The smallest absolute Gasteiger partial charge is 0.203 e. The van der Waals surface area contributed by atoms with Gasteiger partial charge in [-0.05, 0) is 53.6 Å². The SMILES string of the molecule is COc1ccc(C(=O)C=CNc2cc(C=Cc3cc(OC)c(OC)c(OC)c3)cc(F)c2OC)cc1F. The number of rotatable bonds is 11. The van der Waals surface area contributed by atoms with Crippen molar-refractivity contribution in [3.8, 4) is 28.7 Å². The van der Waals surface area contributed by atoms with Gasteiger partial charge in [-0.1, -0.05) is 12.2 Å². The minimum Gasteiger partial charge on any atom is -0.494 e. The van der Waals surface area contributed by atoms with E-state index in [1.807, 2.05) is 0 Å². The maximum atomic E-state index is 14.7. The van der Waals surface area contributed by atoms with E-state index in [0.29, 0.717) is 22.8 Å². The van der Waals surface area contributed by atoms with Crippen molar-refractivity contribution in [3.63, 3.8) is 0 Å². The fraction of sp³-hybridized carbons (Fsp3) is 0.179. The van der Waals surface area contributed by atoms with Crippen LogP contribution in [0, 0.1) is 11.6 Å². The molecule has 3 aromatic carbocycles. The maximum absolute atomic E-state index is 14.7. The predicted molar refractivity (Wildman–Crippen MR) is 138 cm³/mol. The first-order valence-electron chi connectivity index (χ1n) is 11.0. The Morgan fingerprint density at radius 2 is 1.30 bits per heavy atom. The van der Waals surface area contributed by atoms with Crippen molar-refractivity contribution in [3.05, 3.63) is 83.1 Å². The maximum Gasteiger partial charge on any atom is 0.203 e. The van der Waals surface area contributed by atoms with Crippen molar-refractivity contribution in [2.45, 2.75) is 0 Å². The van der Waals surface area contributed by atoms with Gasteiger partial charge in [0, 0.05) is 17.8 Å². The molecular formula is C28H27F2NO6. The molecule has 7 nitrogen and oxygen atoms in total. The number of nitrogens with one attached hydrogen (secondary N) is 1. The molecular weight excluding hydrogens is 484 g/mol. The van der Waals surface area contributed by atoms with E-state index >= 15 is 0 Å². The van der Waals surface area contributed by atoms with E-state index in [4.69, 9.17) is 23.7 Å². The Morgan fingerprint density at radius 3 is 1.84 bits per heavy atom. The summed E-state index contributed by atoms with van der Waals surface area (Å²) in [6, 6.07) is 10.4. The summed E-state index contributed by atoms with van der Waals surface area (Å²) < 4.78 is 54.7. The second-order valence-electron chi connectivity index (χ2n) is 7.57. The van der Waals surface area contributed by atoms with Crippen LogP contribution >= 0.6 is 0 Å². The quantitative estimate of drug-likeness (QED) is 0.193. The summed E-state index contributed by atoms with van der Waals surface area (Å²) in [5.41, 5.74) is 1.68. The number of hydrogen-bond acceptors (Lipinski definition) is 7. The van der Waals surface area contributed by atoms with Crippen molar-refractivity contribution in [2.75, 3.05) is 40.9 Å². The first-order chi connectivity index (χ1) is 17.8. The summed E-state index contributed by atoms with van der Waals surface area (Å²) in [6.07, 6.45) is 5.99. The molecule has 0 bridgehead atoms. The third-order valence-corrected chi connectivity index (χ3v) is 5.34. The minimum absolute atomic E-state index is 0.0301. The van der Waals surface area contributed by atoms with Gasteiger partial charge in [-0.25, -0.2) is 8.78 Å². The Kier molecular flexibility index (Phi) is 9.10. The highest BCUT2D eigenvalue weighted by molar-refractivity contribution is 6.04. The summed E-state index contributed by atoms with van der Waals surface area (Å²) in [4.78, 5) is 12.4. The summed E-state index contributed by atoms with van der Waals surface area (Å²) in [5, 5.41) is 2.86. The zero-order valence-corrected chi connectivity index (χ0v) is 21.1. The molecule has 37 heavy (non-hydrogen) atoms. The van der Waals surface area contributed by atoms with Crippen LogP contribution in [0.5, 0.6) is 28.7 Å². The number of ketones is 1. The van der Waals surface area contributed by atoms with Gasteiger partial charge in [-0.3, -0.25) is 4.79 Å². The van der Waals surface area contributed by atoms with E-state index < -0.39 is 17.4 Å². The van der Waals surface area contributed by atoms with Crippen molar-refractivity contribution >= 4 is 23.6 Å². The van der Waals surface area contributed by atoms with Crippen LogP contribution in [0.15, 0.2) is 54.7 Å². The zero-order chi connectivity index (χ0) is 26.9. The zero-order valence-electron chi connectivity index (χ0n) is 21.1. The highest BCUT2D eigenvalue weighted by Gasteiger charge is 2.13. The molecule has 0 aliphatic heterocycles. The minimum atomic E-state index is -0.648. The molecule has 0 aliphatic rings. The largest absolute Gasteiger partial charge is 0.494 e. The van der Waals surface area contributed by atoms with Gasteiger partial charge in [0.2, 0.25) is 5.75 Å². The van der Waals surface area contributed by atoms with Crippen LogP contribution in [0.2, 0.25) is 0 Å². The van der Waals surface area contributed by atoms with Gasteiger partial charge in [0.1, 0.15) is 0 Å². The first-order valence-corrected chi connectivity index (χ1v) is 11.0. The molecule has 0 atom stereocenters. The van der Waals surface area contributed by atoms with E-state index in [9.17, 15) is 13.6 Å². The molecule has 0 amide bonds. The van der Waals surface area contributed by atoms with Crippen LogP contribution in [0.1, 0.15) is 21.5 Å². The monoisotopic (exact) mass is 511 g/mol. The number of methoxy groups -OCH3 is 5. The number of hydrogen-bond donors (Lipinski definition) is 1.